The van der Waals surface area contributed by atoms with Crippen LogP contribution in [0.15, 0.2) is 40.8 Å². The summed E-state index contributed by atoms with van der Waals surface area (Å²) in [6, 6.07) is 9.10. The first-order chi connectivity index (χ1) is 12.4. The molecule has 0 aliphatic heterocycles. The Morgan fingerprint density at radius 3 is 2.46 bits per heavy atom. The molecule has 3 rings (SSSR count). The maximum atomic E-state index is 13.7. The van der Waals surface area contributed by atoms with Crippen molar-refractivity contribution in [3.63, 3.8) is 0 Å². The number of halogens is 3. The molecule has 2 aromatic carbocycles. The smallest absolute Gasteiger partial charge is 0.375 e. The molecule has 8 heteroatoms. The van der Waals surface area contributed by atoms with E-state index >= 15 is 0 Å². The van der Waals surface area contributed by atoms with Gasteiger partial charge in [-0.2, -0.15) is 0 Å². The first-order valence-corrected chi connectivity index (χ1v) is 8.22. The SMILES string of the molecule is Cc1c(C(=O)OCC(=O)Nc2c(Cl)cccc2Cl)oc2c(F)cccc12. The van der Waals surface area contributed by atoms with Gasteiger partial charge in [-0.25, -0.2) is 9.18 Å². The number of fused-ring (bicyclic) bond motifs is 1. The molecule has 0 saturated heterocycles. The number of aryl methyl sites for hydroxylation is 1. The van der Waals surface area contributed by atoms with Crippen LogP contribution in [0.3, 0.4) is 0 Å². The number of carbonyl (C=O) groups is 2. The number of para-hydroxylation sites is 2. The second kappa shape index (κ2) is 7.35. The Kier molecular flexibility index (Phi) is 5.15. The zero-order valence-corrected chi connectivity index (χ0v) is 14.9. The molecule has 134 valence electrons. The van der Waals surface area contributed by atoms with Gasteiger partial charge in [0.25, 0.3) is 5.91 Å². The van der Waals surface area contributed by atoms with Crippen molar-refractivity contribution >= 4 is 51.7 Å². The van der Waals surface area contributed by atoms with Gasteiger partial charge in [-0.1, -0.05) is 41.4 Å². The standard InChI is InChI=1S/C18H12Cl2FNO4/c1-9-10-4-2-7-13(21)17(10)26-16(9)18(24)25-8-14(23)22-15-11(19)5-3-6-12(15)20/h2-7H,8H2,1H3,(H,22,23). The lowest BCUT2D eigenvalue weighted by molar-refractivity contribution is -0.119. The highest BCUT2D eigenvalue weighted by Gasteiger charge is 2.22. The monoisotopic (exact) mass is 395 g/mol. The van der Waals surface area contributed by atoms with Crippen LogP contribution in [0.2, 0.25) is 10.0 Å². The van der Waals surface area contributed by atoms with Crippen molar-refractivity contribution in [3.8, 4) is 0 Å². The average Bonchev–Trinajstić information content (AvgIpc) is 2.95. The van der Waals surface area contributed by atoms with Crippen LogP contribution < -0.4 is 5.32 Å². The van der Waals surface area contributed by atoms with Crippen LogP contribution in [0.4, 0.5) is 10.1 Å². The molecule has 26 heavy (non-hydrogen) atoms. The number of anilines is 1. The summed E-state index contributed by atoms with van der Waals surface area (Å²) in [5.41, 5.74) is 0.613. The number of carbonyl (C=O) groups excluding carboxylic acids is 2. The van der Waals surface area contributed by atoms with E-state index in [0.29, 0.717) is 10.9 Å². The Balaban J connectivity index is 1.70. The lowest BCUT2D eigenvalue weighted by atomic mass is 10.1. The van der Waals surface area contributed by atoms with Crippen molar-refractivity contribution in [1.29, 1.82) is 0 Å². The summed E-state index contributed by atoms with van der Waals surface area (Å²) < 4.78 is 23.9. The fraction of sp³-hybridized carbons (Fsp3) is 0.111. The molecule has 0 aliphatic rings. The highest BCUT2D eigenvalue weighted by molar-refractivity contribution is 6.39. The van der Waals surface area contributed by atoms with Crippen molar-refractivity contribution in [2.75, 3.05) is 11.9 Å². The Labute approximate surface area is 157 Å². The number of esters is 1. The van der Waals surface area contributed by atoms with Crippen LogP contribution in [-0.2, 0) is 9.53 Å². The van der Waals surface area contributed by atoms with E-state index in [2.05, 4.69) is 5.32 Å². The summed E-state index contributed by atoms with van der Waals surface area (Å²) >= 11 is 11.9. The van der Waals surface area contributed by atoms with Crippen molar-refractivity contribution in [3.05, 3.63) is 63.6 Å². The van der Waals surface area contributed by atoms with Crippen LogP contribution >= 0.6 is 23.2 Å². The first-order valence-electron chi connectivity index (χ1n) is 7.47. The van der Waals surface area contributed by atoms with Gasteiger partial charge in [-0.05, 0) is 25.1 Å². The van der Waals surface area contributed by atoms with Gasteiger partial charge in [0.05, 0.1) is 15.7 Å². The number of ether oxygens (including phenoxy) is 1. The quantitative estimate of drug-likeness (QED) is 0.632. The molecular formula is C18H12Cl2FNO4. The van der Waals surface area contributed by atoms with Crippen LogP contribution in [0, 0.1) is 12.7 Å². The third kappa shape index (κ3) is 3.52. The lowest BCUT2D eigenvalue weighted by Crippen LogP contribution is -2.21. The topological polar surface area (TPSA) is 68.5 Å². The molecule has 1 aromatic heterocycles. The van der Waals surface area contributed by atoms with Gasteiger partial charge in [0.2, 0.25) is 5.76 Å². The van der Waals surface area contributed by atoms with E-state index in [-0.39, 0.29) is 27.1 Å². The highest BCUT2D eigenvalue weighted by Crippen LogP contribution is 2.30. The van der Waals surface area contributed by atoms with E-state index in [4.69, 9.17) is 32.4 Å². The van der Waals surface area contributed by atoms with Crippen LogP contribution in [0.25, 0.3) is 11.0 Å². The number of furan rings is 1. The molecular weight excluding hydrogens is 384 g/mol. The van der Waals surface area contributed by atoms with Crippen molar-refractivity contribution in [2.45, 2.75) is 6.92 Å². The van der Waals surface area contributed by atoms with Gasteiger partial charge < -0.3 is 14.5 Å². The Hall–Kier alpha value is -2.57. The number of amides is 1. The van der Waals surface area contributed by atoms with Gasteiger partial charge in [-0.3, -0.25) is 4.79 Å². The summed E-state index contributed by atoms with van der Waals surface area (Å²) in [6.45, 7) is 1.02. The Morgan fingerprint density at radius 2 is 1.81 bits per heavy atom. The minimum absolute atomic E-state index is 0.0377. The summed E-state index contributed by atoms with van der Waals surface area (Å²) in [7, 11) is 0. The zero-order chi connectivity index (χ0) is 18.8. The number of rotatable bonds is 4. The number of benzene rings is 2. The fourth-order valence-electron chi connectivity index (χ4n) is 2.39. The third-order valence-electron chi connectivity index (χ3n) is 3.66. The van der Waals surface area contributed by atoms with Crippen molar-refractivity contribution < 1.29 is 23.1 Å². The highest BCUT2D eigenvalue weighted by atomic mass is 35.5. The predicted molar refractivity (Wildman–Crippen MR) is 96.3 cm³/mol. The average molecular weight is 396 g/mol. The van der Waals surface area contributed by atoms with Gasteiger partial charge >= 0.3 is 5.97 Å². The molecule has 0 saturated carbocycles. The maximum Gasteiger partial charge on any atom is 0.375 e. The minimum Gasteiger partial charge on any atom is -0.450 e. The Morgan fingerprint density at radius 1 is 1.15 bits per heavy atom. The zero-order valence-electron chi connectivity index (χ0n) is 13.4. The molecule has 0 aliphatic carbocycles. The van der Waals surface area contributed by atoms with E-state index in [1.807, 2.05) is 0 Å². The summed E-state index contributed by atoms with van der Waals surface area (Å²) in [4.78, 5) is 24.1. The molecule has 1 N–H and O–H groups in total. The number of hydrogen-bond acceptors (Lipinski definition) is 4. The summed E-state index contributed by atoms with van der Waals surface area (Å²) in [5, 5.41) is 3.43. The molecule has 0 unspecified atom stereocenters. The molecule has 1 heterocycles. The van der Waals surface area contributed by atoms with Crippen LogP contribution in [-0.4, -0.2) is 18.5 Å². The van der Waals surface area contributed by atoms with E-state index in [1.165, 1.54) is 12.1 Å². The molecule has 0 atom stereocenters. The normalized spacial score (nSPS) is 10.8. The minimum atomic E-state index is -0.876. The first kappa shape index (κ1) is 18.2. The molecule has 0 fully saturated rings. The molecule has 1 amide bonds. The van der Waals surface area contributed by atoms with Crippen molar-refractivity contribution in [1.82, 2.24) is 0 Å². The van der Waals surface area contributed by atoms with Gasteiger partial charge in [0.1, 0.15) is 0 Å². The molecule has 0 bridgehead atoms. The number of nitrogens with one attached hydrogen (secondary N) is 1. The summed E-state index contributed by atoms with van der Waals surface area (Å²) in [5.74, 6) is -2.25. The third-order valence-corrected chi connectivity index (χ3v) is 4.29. The largest absolute Gasteiger partial charge is 0.450 e. The van der Waals surface area contributed by atoms with Crippen LogP contribution in [0.1, 0.15) is 16.1 Å². The van der Waals surface area contributed by atoms with E-state index in [0.717, 1.165) is 0 Å². The second-order valence-corrected chi connectivity index (χ2v) is 6.21. The Bertz CT molecular complexity index is 996. The van der Waals surface area contributed by atoms with E-state index in [9.17, 15) is 14.0 Å². The molecule has 5 nitrogen and oxygen atoms in total. The van der Waals surface area contributed by atoms with Crippen molar-refractivity contribution in [2.24, 2.45) is 0 Å². The molecule has 0 spiro atoms. The summed E-state index contributed by atoms with van der Waals surface area (Å²) in [6.07, 6.45) is 0. The molecule has 0 radical (unpaired) electrons. The van der Waals surface area contributed by atoms with Gasteiger partial charge in [0, 0.05) is 10.9 Å². The fourth-order valence-corrected chi connectivity index (χ4v) is 2.88. The number of hydrogen-bond donors (Lipinski definition) is 1. The maximum absolute atomic E-state index is 13.7. The second-order valence-electron chi connectivity index (χ2n) is 5.39. The van der Waals surface area contributed by atoms with E-state index in [1.54, 1.807) is 31.2 Å². The van der Waals surface area contributed by atoms with Crippen LogP contribution in [0.5, 0.6) is 0 Å². The predicted octanol–water partition coefficient (Wildman–Crippen LogP) is 4.98. The van der Waals surface area contributed by atoms with E-state index < -0.39 is 24.3 Å². The molecule has 3 aromatic rings. The van der Waals surface area contributed by atoms with Gasteiger partial charge in [-0.15, -0.1) is 0 Å². The van der Waals surface area contributed by atoms with Gasteiger partial charge in [0.15, 0.2) is 18.0 Å². The lowest BCUT2D eigenvalue weighted by Gasteiger charge is -2.09.